The first-order chi connectivity index (χ1) is 10.7. The Bertz CT molecular complexity index is 502. The topological polar surface area (TPSA) is 82.2 Å². The molecule has 1 aromatic heterocycles. The predicted molar refractivity (Wildman–Crippen MR) is 84.3 cm³/mol. The maximum Gasteiger partial charge on any atom is 0.227 e. The zero-order chi connectivity index (χ0) is 15.5. The highest BCUT2D eigenvalue weighted by atomic mass is 16.5. The molecule has 6 nitrogen and oxygen atoms in total. The van der Waals surface area contributed by atoms with Crippen molar-refractivity contribution >= 4 is 11.6 Å². The summed E-state index contributed by atoms with van der Waals surface area (Å²) in [6, 6.07) is 0.301. The van der Waals surface area contributed by atoms with Gasteiger partial charge >= 0.3 is 0 Å². The van der Waals surface area contributed by atoms with Crippen LogP contribution in [-0.4, -0.2) is 35.4 Å². The fourth-order valence-corrected chi connectivity index (χ4v) is 3.98. The van der Waals surface area contributed by atoms with Crippen LogP contribution in [0.3, 0.4) is 0 Å². The molecule has 2 atom stereocenters. The standard InChI is InChI=1S/C16H26N4O2/c1-22-6-5-20-10-14(9-18-20)19-16(21)13-7-11-3-2-4-12(8-13)15(11)17/h9-13,15H,2-8,17H2,1H3,(H,19,21). The van der Waals surface area contributed by atoms with Crippen molar-refractivity contribution in [2.45, 2.75) is 44.7 Å². The molecule has 0 spiro atoms. The molecule has 2 aliphatic carbocycles. The Morgan fingerprint density at radius 1 is 1.45 bits per heavy atom. The monoisotopic (exact) mass is 306 g/mol. The molecule has 1 aromatic rings. The van der Waals surface area contributed by atoms with Gasteiger partial charge in [0.15, 0.2) is 0 Å². The third kappa shape index (κ3) is 3.33. The van der Waals surface area contributed by atoms with Crippen LogP contribution in [-0.2, 0) is 16.1 Å². The first-order valence-electron chi connectivity index (χ1n) is 8.25. The molecule has 6 heteroatoms. The van der Waals surface area contributed by atoms with Gasteiger partial charge in [-0.1, -0.05) is 6.42 Å². The number of rotatable bonds is 5. The Balaban J connectivity index is 1.57. The van der Waals surface area contributed by atoms with E-state index in [1.54, 1.807) is 18.0 Å². The summed E-state index contributed by atoms with van der Waals surface area (Å²) in [6.45, 7) is 1.30. The third-order valence-electron chi connectivity index (χ3n) is 5.21. The lowest BCUT2D eigenvalue weighted by atomic mass is 9.65. The van der Waals surface area contributed by atoms with Crippen molar-refractivity contribution in [3.8, 4) is 0 Å². The Kier molecular flexibility index (Phi) is 4.78. The molecule has 0 aliphatic heterocycles. The fourth-order valence-electron chi connectivity index (χ4n) is 3.98. The SMILES string of the molecule is COCCn1cc(NC(=O)C2CC3CCCC(C2)C3N)cn1. The number of anilines is 1. The van der Waals surface area contributed by atoms with Gasteiger partial charge in [-0.2, -0.15) is 5.10 Å². The molecule has 1 amide bonds. The summed E-state index contributed by atoms with van der Waals surface area (Å²) in [5.74, 6) is 1.26. The molecular weight excluding hydrogens is 280 g/mol. The highest BCUT2D eigenvalue weighted by Gasteiger charge is 2.40. The molecule has 0 saturated heterocycles. The molecule has 2 aliphatic rings. The summed E-state index contributed by atoms with van der Waals surface area (Å²) < 4.78 is 6.81. The molecule has 2 fully saturated rings. The van der Waals surface area contributed by atoms with Crippen molar-refractivity contribution in [2.75, 3.05) is 19.0 Å². The van der Waals surface area contributed by atoms with Gasteiger partial charge in [0.1, 0.15) is 0 Å². The lowest BCUT2D eigenvalue weighted by Crippen LogP contribution is -2.48. The van der Waals surface area contributed by atoms with Crippen molar-refractivity contribution in [1.29, 1.82) is 0 Å². The van der Waals surface area contributed by atoms with Crippen molar-refractivity contribution in [2.24, 2.45) is 23.5 Å². The molecular formula is C16H26N4O2. The van der Waals surface area contributed by atoms with Crippen LogP contribution in [0.2, 0.25) is 0 Å². The largest absolute Gasteiger partial charge is 0.383 e. The maximum atomic E-state index is 12.5. The molecule has 2 saturated carbocycles. The van der Waals surface area contributed by atoms with E-state index < -0.39 is 0 Å². The summed E-state index contributed by atoms with van der Waals surface area (Å²) in [7, 11) is 1.66. The molecule has 122 valence electrons. The van der Waals surface area contributed by atoms with Crippen LogP contribution in [0.25, 0.3) is 0 Å². The zero-order valence-electron chi connectivity index (χ0n) is 13.2. The first-order valence-corrected chi connectivity index (χ1v) is 8.25. The number of nitrogens with two attached hydrogens (primary N) is 1. The average Bonchev–Trinajstić information content (AvgIpc) is 2.92. The van der Waals surface area contributed by atoms with Gasteiger partial charge in [-0.05, 0) is 37.5 Å². The van der Waals surface area contributed by atoms with E-state index in [0.29, 0.717) is 31.0 Å². The minimum Gasteiger partial charge on any atom is -0.383 e. The average molecular weight is 306 g/mol. The summed E-state index contributed by atoms with van der Waals surface area (Å²) in [5.41, 5.74) is 7.06. The Morgan fingerprint density at radius 3 is 2.86 bits per heavy atom. The quantitative estimate of drug-likeness (QED) is 0.866. The predicted octanol–water partition coefficient (Wildman–Crippen LogP) is 1.62. The summed E-state index contributed by atoms with van der Waals surface area (Å²) >= 11 is 0. The van der Waals surface area contributed by atoms with E-state index in [9.17, 15) is 4.79 Å². The van der Waals surface area contributed by atoms with Crippen LogP contribution in [0.15, 0.2) is 12.4 Å². The molecule has 0 radical (unpaired) electrons. The van der Waals surface area contributed by atoms with Crippen molar-refractivity contribution in [1.82, 2.24) is 9.78 Å². The van der Waals surface area contributed by atoms with Gasteiger partial charge in [-0.15, -0.1) is 0 Å². The van der Waals surface area contributed by atoms with Gasteiger partial charge in [0.05, 0.1) is 25.0 Å². The number of nitrogens with one attached hydrogen (secondary N) is 1. The summed E-state index contributed by atoms with van der Waals surface area (Å²) in [5, 5.41) is 7.23. The molecule has 0 aromatic carbocycles. The number of ether oxygens (including phenoxy) is 1. The molecule has 3 rings (SSSR count). The summed E-state index contributed by atoms with van der Waals surface area (Å²) in [4.78, 5) is 12.5. The molecule has 2 unspecified atom stereocenters. The number of aromatic nitrogens is 2. The van der Waals surface area contributed by atoms with E-state index in [1.165, 1.54) is 19.3 Å². The summed E-state index contributed by atoms with van der Waals surface area (Å²) in [6.07, 6.45) is 9.04. The van der Waals surface area contributed by atoms with Gasteiger partial charge in [0.25, 0.3) is 0 Å². The Morgan fingerprint density at radius 2 is 2.18 bits per heavy atom. The second-order valence-corrected chi connectivity index (χ2v) is 6.67. The van der Waals surface area contributed by atoms with E-state index in [2.05, 4.69) is 10.4 Å². The van der Waals surface area contributed by atoms with Crippen LogP contribution in [0.4, 0.5) is 5.69 Å². The highest BCUT2D eigenvalue weighted by Crippen LogP contribution is 2.42. The number of carbonyl (C=O) groups is 1. The molecule has 1 heterocycles. The highest BCUT2D eigenvalue weighted by molar-refractivity contribution is 5.92. The second kappa shape index (κ2) is 6.79. The van der Waals surface area contributed by atoms with Gasteiger partial charge in [-0.25, -0.2) is 0 Å². The van der Waals surface area contributed by atoms with Crippen molar-refractivity contribution in [3.05, 3.63) is 12.4 Å². The Hall–Kier alpha value is -1.40. The number of nitrogens with zero attached hydrogens (tertiary/aromatic N) is 2. The number of carbonyl (C=O) groups excluding carboxylic acids is 1. The van der Waals surface area contributed by atoms with Gasteiger partial charge in [-0.3, -0.25) is 9.48 Å². The minimum absolute atomic E-state index is 0.0948. The number of hydrogen-bond acceptors (Lipinski definition) is 4. The van der Waals surface area contributed by atoms with Crippen LogP contribution >= 0.6 is 0 Å². The minimum atomic E-state index is 0.0948. The van der Waals surface area contributed by atoms with E-state index in [-0.39, 0.29) is 11.8 Å². The smallest absolute Gasteiger partial charge is 0.227 e. The van der Waals surface area contributed by atoms with E-state index >= 15 is 0 Å². The normalized spacial score (nSPS) is 31.0. The van der Waals surface area contributed by atoms with Crippen LogP contribution < -0.4 is 11.1 Å². The van der Waals surface area contributed by atoms with Crippen molar-refractivity contribution in [3.63, 3.8) is 0 Å². The van der Waals surface area contributed by atoms with Crippen molar-refractivity contribution < 1.29 is 9.53 Å². The lowest BCUT2D eigenvalue weighted by molar-refractivity contribution is -0.122. The fraction of sp³-hybridized carbons (Fsp3) is 0.750. The Labute approximate surface area is 131 Å². The number of hydrogen-bond donors (Lipinski definition) is 2. The van der Waals surface area contributed by atoms with Gasteiger partial charge < -0.3 is 15.8 Å². The maximum absolute atomic E-state index is 12.5. The van der Waals surface area contributed by atoms with Crippen LogP contribution in [0.5, 0.6) is 0 Å². The second-order valence-electron chi connectivity index (χ2n) is 6.67. The van der Waals surface area contributed by atoms with E-state index in [4.69, 9.17) is 10.5 Å². The van der Waals surface area contributed by atoms with Gasteiger partial charge in [0, 0.05) is 25.3 Å². The third-order valence-corrected chi connectivity index (χ3v) is 5.21. The number of amides is 1. The molecule has 22 heavy (non-hydrogen) atoms. The van der Waals surface area contributed by atoms with E-state index in [0.717, 1.165) is 18.5 Å². The van der Waals surface area contributed by atoms with Crippen LogP contribution in [0, 0.1) is 17.8 Å². The molecule has 2 bridgehead atoms. The van der Waals surface area contributed by atoms with Gasteiger partial charge in [0.2, 0.25) is 5.91 Å². The number of methoxy groups -OCH3 is 1. The van der Waals surface area contributed by atoms with E-state index in [1.807, 2.05) is 6.20 Å². The molecule has 3 N–H and O–H groups in total. The number of fused-ring (bicyclic) bond motifs is 2. The van der Waals surface area contributed by atoms with Crippen LogP contribution in [0.1, 0.15) is 32.1 Å². The lowest BCUT2D eigenvalue weighted by Gasteiger charge is -2.43. The zero-order valence-corrected chi connectivity index (χ0v) is 13.2. The first kappa shape index (κ1) is 15.5.